The molecule has 26 heavy (non-hydrogen) atoms. The van der Waals surface area contributed by atoms with E-state index < -0.39 is 11.8 Å². The summed E-state index contributed by atoms with van der Waals surface area (Å²) in [6.07, 6.45) is 1.49. The van der Waals surface area contributed by atoms with Gasteiger partial charge in [-0.2, -0.15) is 5.26 Å². The summed E-state index contributed by atoms with van der Waals surface area (Å²) in [6, 6.07) is 12.2. The van der Waals surface area contributed by atoms with Gasteiger partial charge in [-0.05, 0) is 37.6 Å². The number of amides is 2. The number of benzene rings is 1. The Balaban J connectivity index is 1.95. The smallest absolute Gasteiger partial charge is 0.269 e. The Bertz CT molecular complexity index is 1030. The van der Waals surface area contributed by atoms with Crippen molar-refractivity contribution in [2.75, 3.05) is 0 Å². The Hall–Kier alpha value is -3.72. The van der Waals surface area contributed by atoms with E-state index in [4.69, 9.17) is 9.68 Å². The highest BCUT2D eigenvalue weighted by atomic mass is 16.3. The van der Waals surface area contributed by atoms with Gasteiger partial charge in [0.2, 0.25) is 0 Å². The van der Waals surface area contributed by atoms with E-state index in [9.17, 15) is 14.4 Å². The first-order chi connectivity index (χ1) is 12.4. The number of carbonyl (C=O) groups is 3. The zero-order chi connectivity index (χ0) is 18.8. The van der Waals surface area contributed by atoms with E-state index in [1.54, 1.807) is 49.4 Å². The van der Waals surface area contributed by atoms with E-state index in [1.807, 2.05) is 0 Å². The van der Waals surface area contributed by atoms with Crippen molar-refractivity contribution in [3.8, 4) is 17.4 Å². The summed E-state index contributed by atoms with van der Waals surface area (Å²) in [4.78, 5) is 35.0. The SMILES string of the molecule is CC(=O)c1ccc(-c2ccc(/C=C3/C(=O)NC(=O)C(C#N)=C3C)o2)cc1. The Kier molecular flexibility index (Phi) is 4.38. The maximum absolute atomic E-state index is 12.0. The first-order valence-electron chi connectivity index (χ1n) is 7.80. The average molecular weight is 346 g/mol. The topological polar surface area (TPSA) is 100 Å². The van der Waals surface area contributed by atoms with Gasteiger partial charge in [-0.1, -0.05) is 24.3 Å². The lowest BCUT2D eigenvalue weighted by Gasteiger charge is -2.15. The van der Waals surface area contributed by atoms with Gasteiger partial charge < -0.3 is 4.42 Å². The normalized spacial score (nSPS) is 15.8. The first kappa shape index (κ1) is 17.1. The van der Waals surface area contributed by atoms with Crippen LogP contribution in [0, 0.1) is 11.3 Å². The third kappa shape index (κ3) is 3.10. The van der Waals surface area contributed by atoms with Gasteiger partial charge in [0.05, 0.1) is 0 Å². The molecule has 0 unspecified atom stereocenters. The van der Waals surface area contributed by atoms with Crippen molar-refractivity contribution < 1.29 is 18.8 Å². The summed E-state index contributed by atoms with van der Waals surface area (Å²) < 4.78 is 5.73. The minimum Gasteiger partial charge on any atom is -0.457 e. The van der Waals surface area contributed by atoms with Crippen LogP contribution in [0.3, 0.4) is 0 Å². The Labute approximate surface area is 149 Å². The zero-order valence-electron chi connectivity index (χ0n) is 14.1. The van der Waals surface area contributed by atoms with Crippen LogP contribution in [0.1, 0.15) is 30.0 Å². The summed E-state index contributed by atoms with van der Waals surface area (Å²) in [5.74, 6) is -0.309. The zero-order valence-corrected chi connectivity index (χ0v) is 14.1. The predicted molar refractivity (Wildman–Crippen MR) is 93.6 cm³/mol. The molecule has 0 saturated heterocycles. The molecule has 0 fully saturated rings. The minimum atomic E-state index is -0.696. The second-order valence-corrected chi connectivity index (χ2v) is 5.79. The van der Waals surface area contributed by atoms with Gasteiger partial charge >= 0.3 is 0 Å². The second-order valence-electron chi connectivity index (χ2n) is 5.79. The number of nitriles is 1. The maximum Gasteiger partial charge on any atom is 0.269 e. The lowest BCUT2D eigenvalue weighted by atomic mass is 9.96. The van der Waals surface area contributed by atoms with Crippen molar-refractivity contribution >= 4 is 23.7 Å². The largest absolute Gasteiger partial charge is 0.457 e. The summed E-state index contributed by atoms with van der Waals surface area (Å²) in [6.45, 7) is 3.04. The predicted octanol–water partition coefficient (Wildman–Crippen LogP) is 3.03. The van der Waals surface area contributed by atoms with E-state index in [1.165, 1.54) is 13.0 Å². The molecule has 0 aliphatic carbocycles. The van der Waals surface area contributed by atoms with Crippen LogP contribution in [0.15, 0.2) is 57.5 Å². The molecule has 1 aliphatic heterocycles. The summed E-state index contributed by atoms with van der Waals surface area (Å²) in [7, 11) is 0. The Morgan fingerprint density at radius 2 is 1.81 bits per heavy atom. The lowest BCUT2D eigenvalue weighted by Crippen LogP contribution is -2.37. The van der Waals surface area contributed by atoms with E-state index in [-0.39, 0.29) is 16.9 Å². The highest BCUT2D eigenvalue weighted by molar-refractivity contribution is 6.19. The number of furan rings is 1. The van der Waals surface area contributed by atoms with Crippen molar-refractivity contribution in [3.05, 3.63) is 64.4 Å². The van der Waals surface area contributed by atoms with Crippen LogP contribution in [-0.2, 0) is 9.59 Å². The number of nitrogens with one attached hydrogen (secondary N) is 1. The molecule has 1 aliphatic rings. The quantitative estimate of drug-likeness (QED) is 0.523. The number of rotatable bonds is 3. The van der Waals surface area contributed by atoms with Gasteiger partial charge in [-0.25, -0.2) is 0 Å². The minimum absolute atomic E-state index is 0.0187. The summed E-state index contributed by atoms with van der Waals surface area (Å²) >= 11 is 0. The lowest BCUT2D eigenvalue weighted by molar-refractivity contribution is -0.126. The number of nitrogens with zero attached hydrogens (tertiary/aromatic N) is 1. The summed E-state index contributed by atoms with van der Waals surface area (Å²) in [5, 5.41) is 11.2. The molecule has 0 atom stereocenters. The fourth-order valence-corrected chi connectivity index (χ4v) is 2.61. The molecule has 3 rings (SSSR count). The van der Waals surface area contributed by atoms with E-state index in [0.29, 0.717) is 22.7 Å². The first-order valence-corrected chi connectivity index (χ1v) is 7.80. The van der Waals surface area contributed by atoms with Crippen LogP contribution in [-0.4, -0.2) is 17.6 Å². The molecule has 1 aromatic heterocycles. The molecule has 0 spiro atoms. The van der Waals surface area contributed by atoms with Crippen LogP contribution < -0.4 is 5.32 Å². The molecule has 128 valence electrons. The van der Waals surface area contributed by atoms with E-state index >= 15 is 0 Å². The Morgan fingerprint density at radius 1 is 1.12 bits per heavy atom. The van der Waals surface area contributed by atoms with Crippen molar-refractivity contribution in [1.82, 2.24) is 5.32 Å². The fourth-order valence-electron chi connectivity index (χ4n) is 2.61. The highest BCUT2D eigenvalue weighted by Crippen LogP contribution is 2.26. The molecule has 0 bridgehead atoms. The fraction of sp³-hybridized carbons (Fsp3) is 0.100. The van der Waals surface area contributed by atoms with Gasteiger partial charge in [0.1, 0.15) is 23.2 Å². The van der Waals surface area contributed by atoms with Crippen LogP contribution in [0.5, 0.6) is 0 Å². The average Bonchev–Trinajstić information content (AvgIpc) is 3.07. The molecule has 2 heterocycles. The number of carbonyl (C=O) groups excluding carboxylic acids is 3. The third-order valence-corrected chi connectivity index (χ3v) is 4.08. The molecular formula is C20H14N2O4. The number of hydrogen-bond donors (Lipinski definition) is 1. The van der Waals surface area contributed by atoms with Gasteiger partial charge in [-0.3, -0.25) is 19.7 Å². The van der Waals surface area contributed by atoms with Crippen molar-refractivity contribution in [2.45, 2.75) is 13.8 Å². The van der Waals surface area contributed by atoms with E-state index in [2.05, 4.69) is 5.32 Å². The molecule has 0 saturated carbocycles. The third-order valence-electron chi connectivity index (χ3n) is 4.08. The number of imide groups is 1. The molecule has 2 aromatic rings. The van der Waals surface area contributed by atoms with Crippen LogP contribution in [0.4, 0.5) is 0 Å². The van der Waals surface area contributed by atoms with Gasteiger partial charge in [0.25, 0.3) is 11.8 Å². The van der Waals surface area contributed by atoms with Crippen LogP contribution in [0.2, 0.25) is 0 Å². The van der Waals surface area contributed by atoms with Crippen molar-refractivity contribution in [2.24, 2.45) is 0 Å². The van der Waals surface area contributed by atoms with Gasteiger partial charge in [0.15, 0.2) is 5.78 Å². The summed E-state index contributed by atoms with van der Waals surface area (Å²) in [5.41, 5.74) is 1.81. The highest BCUT2D eigenvalue weighted by Gasteiger charge is 2.27. The van der Waals surface area contributed by atoms with Crippen LogP contribution >= 0.6 is 0 Å². The van der Waals surface area contributed by atoms with Crippen LogP contribution in [0.25, 0.3) is 17.4 Å². The van der Waals surface area contributed by atoms with Gasteiger partial charge in [0, 0.05) is 16.7 Å². The molecule has 1 N–H and O–H groups in total. The monoisotopic (exact) mass is 346 g/mol. The molecule has 1 aromatic carbocycles. The number of hydrogen-bond acceptors (Lipinski definition) is 5. The standard InChI is InChI=1S/C20H14N2O4/c1-11-16(19(24)22-20(25)17(11)10-21)9-15-7-8-18(26-15)14-5-3-13(4-6-14)12(2)23/h3-9H,1-2H3,(H,22,24,25)/b16-9+. The molecule has 2 amide bonds. The van der Waals surface area contributed by atoms with Crippen molar-refractivity contribution in [1.29, 1.82) is 5.26 Å². The molecular weight excluding hydrogens is 332 g/mol. The number of Topliss-reactive ketones (excluding diaryl/α,β-unsaturated/α-hetero) is 1. The maximum atomic E-state index is 12.0. The second kappa shape index (κ2) is 6.65. The number of ketones is 1. The molecule has 6 heteroatoms. The van der Waals surface area contributed by atoms with Gasteiger partial charge in [-0.15, -0.1) is 0 Å². The molecule has 6 nitrogen and oxygen atoms in total. The Morgan fingerprint density at radius 3 is 2.42 bits per heavy atom. The molecule has 0 radical (unpaired) electrons. The van der Waals surface area contributed by atoms with E-state index in [0.717, 1.165) is 5.56 Å². The van der Waals surface area contributed by atoms with Crippen molar-refractivity contribution in [3.63, 3.8) is 0 Å².